The Bertz CT molecular complexity index is 1330. The van der Waals surface area contributed by atoms with Crippen LogP contribution in [0.2, 0.25) is 0 Å². The smallest absolute Gasteiger partial charge is 0.270 e. The lowest BCUT2D eigenvalue weighted by Crippen LogP contribution is -1.96. The van der Waals surface area contributed by atoms with E-state index in [4.69, 9.17) is 4.52 Å². The van der Waals surface area contributed by atoms with Crippen molar-refractivity contribution in [3.05, 3.63) is 99.1 Å². The summed E-state index contributed by atoms with van der Waals surface area (Å²) in [5.74, 6) is 1.24. The van der Waals surface area contributed by atoms with E-state index in [9.17, 15) is 10.1 Å². The lowest BCUT2D eigenvalue weighted by Gasteiger charge is -2.06. The second-order valence-corrected chi connectivity index (χ2v) is 7.28. The summed E-state index contributed by atoms with van der Waals surface area (Å²) < 4.78 is 5.61. The molecule has 0 saturated carbocycles. The van der Waals surface area contributed by atoms with E-state index in [1.54, 1.807) is 31.4 Å². The van der Waals surface area contributed by atoms with Gasteiger partial charge in [-0.05, 0) is 54.3 Å². The molecule has 2 aromatic carbocycles. The molecule has 2 heterocycles. The average molecular weight is 427 g/mol. The van der Waals surface area contributed by atoms with Gasteiger partial charge in [0.15, 0.2) is 0 Å². The van der Waals surface area contributed by atoms with E-state index >= 15 is 0 Å². The highest BCUT2D eigenvalue weighted by Crippen LogP contribution is 2.30. The first-order valence-corrected chi connectivity index (χ1v) is 9.97. The fourth-order valence-corrected chi connectivity index (χ4v) is 3.30. The Hall–Kier alpha value is -4.33. The summed E-state index contributed by atoms with van der Waals surface area (Å²) >= 11 is 0. The van der Waals surface area contributed by atoms with Crippen molar-refractivity contribution in [2.24, 2.45) is 0 Å². The van der Waals surface area contributed by atoms with Crippen LogP contribution in [0.25, 0.3) is 23.0 Å². The van der Waals surface area contributed by atoms with Crippen molar-refractivity contribution in [1.29, 1.82) is 0 Å². The molecule has 0 amide bonds. The van der Waals surface area contributed by atoms with Gasteiger partial charge in [0.25, 0.3) is 11.6 Å². The van der Waals surface area contributed by atoms with Crippen LogP contribution < -0.4 is 5.32 Å². The predicted octanol–water partition coefficient (Wildman–Crippen LogP) is 5.29. The Morgan fingerprint density at radius 3 is 2.69 bits per heavy atom. The molecule has 8 nitrogen and oxygen atoms in total. The molecule has 0 aliphatic heterocycles. The third kappa shape index (κ3) is 4.24. The molecule has 0 aliphatic carbocycles. The number of hydrogen-bond acceptors (Lipinski definition) is 7. The van der Waals surface area contributed by atoms with Crippen molar-refractivity contribution >= 4 is 23.2 Å². The zero-order valence-corrected chi connectivity index (χ0v) is 17.9. The van der Waals surface area contributed by atoms with Gasteiger partial charge < -0.3 is 9.84 Å². The predicted molar refractivity (Wildman–Crippen MR) is 123 cm³/mol. The molecule has 0 unspecified atom stereocenters. The molecule has 0 spiro atoms. The second kappa shape index (κ2) is 8.81. The second-order valence-electron chi connectivity index (χ2n) is 7.28. The van der Waals surface area contributed by atoms with Crippen LogP contribution in [0.15, 0.2) is 65.3 Å². The number of aryl methyl sites for hydroxylation is 2. The number of nitro benzene ring substituents is 1. The van der Waals surface area contributed by atoms with Gasteiger partial charge in [-0.15, -0.1) is 0 Å². The van der Waals surface area contributed by atoms with E-state index < -0.39 is 4.92 Å². The average Bonchev–Trinajstić information content (AvgIpc) is 3.29. The lowest BCUT2D eigenvalue weighted by molar-refractivity contribution is -0.384. The molecule has 0 fully saturated rings. The quantitative estimate of drug-likeness (QED) is 0.253. The fourth-order valence-electron chi connectivity index (χ4n) is 3.30. The van der Waals surface area contributed by atoms with Crippen LogP contribution in [0.4, 0.5) is 11.5 Å². The number of nitrogens with zero attached hydrogens (tertiary/aromatic N) is 4. The summed E-state index contributed by atoms with van der Waals surface area (Å²) in [6.45, 7) is 4.08. The van der Waals surface area contributed by atoms with Crippen molar-refractivity contribution < 1.29 is 9.45 Å². The topological polar surface area (TPSA) is 107 Å². The molecule has 4 aromatic rings. The maximum atomic E-state index is 11.3. The lowest BCUT2D eigenvalue weighted by atomic mass is 10.00. The number of pyridine rings is 1. The SMILES string of the molecule is CNc1ncccc1-c1noc(C(=Cc2ccc(C)c(C)c2)c2cccc([N+](=O)[O-])c2)n1. The Morgan fingerprint density at radius 1 is 1.09 bits per heavy atom. The van der Waals surface area contributed by atoms with Crippen molar-refractivity contribution in [3.63, 3.8) is 0 Å². The van der Waals surface area contributed by atoms with E-state index in [0.717, 1.165) is 11.1 Å². The number of aromatic nitrogens is 3. The molecule has 0 aliphatic rings. The van der Waals surface area contributed by atoms with Crippen molar-refractivity contribution in [3.8, 4) is 11.4 Å². The van der Waals surface area contributed by atoms with Crippen LogP contribution >= 0.6 is 0 Å². The van der Waals surface area contributed by atoms with Gasteiger partial charge in [0.1, 0.15) is 5.82 Å². The first kappa shape index (κ1) is 20.9. The largest absolute Gasteiger partial charge is 0.373 e. The first-order valence-electron chi connectivity index (χ1n) is 9.97. The Labute approximate surface area is 184 Å². The number of anilines is 1. The van der Waals surface area contributed by atoms with E-state index in [2.05, 4.69) is 20.4 Å². The maximum Gasteiger partial charge on any atom is 0.270 e. The number of benzene rings is 2. The van der Waals surface area contributed by atoms with Crippen molar-refractivity contribution in [2.75, 3.05) is 12.4 Å². The van der Waals surface area contributed by atoms with Gasteiger partial charge in [-0.3, -0.25) is 10.1 Å². The molecule has 2 aromatic heterocycles. The standard InChI is InChI=1S/C24H21N5O3/c1-15-9-10-17(12-16(15)2)13-21(18-6-4-7-19(14-18)29(30)31)24-27-23(28-32-24)20-8-5-11-26-22(20)25-3/h4-14H,1-3H3,(H,25,26). The van der Waals surface area contributed by atoms with Crippen molar-refractivity contribution in [1.82, 2.24) is 15.1 Å². The first-order chi connectivity index (χ1) is 15.5. The van der Waals surface area contributed by atoms with Gasteiger partial charge in [-0.25, -0.2) is 4.98 Å². The molecule has 8 heteroatoms. The molecular formula is C24H21N5O3. The minimum Gasteiger partial charge on any atom is -0.373 e. The molecular weight excluding hydrogens is 406 g/mol. The van der Waals surface area contributed by atoms with Crippen LogP contribution in [0.3, 0.4) is 0 Å². The summed E-state index contributed by atoms with van der Waals surface area (Å²) in [5, 5.41) is 18.5. The number of non-ortho nitro benzene ring substituents is 1. The van der Waals surface area contributed by atoms with E-state index in [0.29, 0.717) is 28.3 Å². The molecule has 0 radical (unpaired) electrons. The van der Waals surface area contributed by atoms with Crippen LogP contribution in [-0.2, 0) is 0 Å². The maximum absolute atomic E-state index is 11.3. The van der Waals surface area contributed by atoms with Gasteiger partial charge >= 0.3 is 0 Å². The van der Waals surface area contributed by atoms with Crippen LogP contribution in [0, 0.1) is 24.0 Å². The Morgan fingerprint density at radius 2 is 1.94 bits per heavy atom. The number of hydrogen-bond donors (Lipinski definition) is 1. The molecule has 0 bridgehead atoms. The zero-order chi connectivity index (χ0) is 22.7. The number of nitro groups is 1. The van der Waals surface area contributed by atoms with Gasteiger partial charge in [0.2, 0.25) is 5.82 Å². The van der Waals surface area contributed by atoms with Gasteiger partial charge in [-0.1, -0.05) is 35.5 Å². The summed E-state index contributed by atoms with van der Waals surface area (Å²) in [5.41, 5.74) is 5.10. The number of nitrogens with one attached hydrogen (secondary N) is 1. The zero-order valence-electron chi connectivity index (χ0n) is 17.9. The normalized spacial score (nSPS) is 11.4. The third-order valence-corrected chi connectivity index (χ3v) is 5.15. The molecule has 0 saturated heterocycles. The molecule has 1 N–H and O–H groups in total. The van der Waals surface area contributed by atoms with Gasteiger partial charge in [-0.2, -0.15) is 4.98 Å². The highest BCUT2D eigenvalue weighted by atomic mass is 16.6. The van der Waals surface area contributed by atoms with Crippen LogP contribution in [0.5, 0.6) is 0 Å². The minimum absolute atomic E-state index is 0.0158. The van der Waals surface area contributed by atoms with Crippen LogP contribution in [0.1, 0.15) is 28.1 Å². The van der Waals surface area contributed by atoms with E-state index in [-0.39, 0.29) is 11.6 Å². The Balaban J connectivity index is 1.86. The number of rotatable bonds is 6. The molecule has 32 heavy (non-hydrogen) atoms. The highest BCUT2D eigenvalue weighted by molar-refractivity contribution is 5.89. The fraction of sp³-hybridized carbons (Fsp3) is 0.125. The summed E-state index contributed by atoms with van der Waals surface area (Å²) in [7, 11) is 1.76. The third-order valence-electron chi connectivity index (χ3n) is 5.15. The monoisotopic (exact) mass is 427 g/mol. The minimum atomic E-state index is -0.425. The highest BCUT2D eigenvalue weighted by Gasteiger charge is 2.19. The van der Waals surface area contributed by atoms with Gasteiger partial charge in [0, 0.05) is 31.0 Å². The molecule has 160 valence electrons. The molecule has 4 rings (SSSR count). The summed E-state index contributed by atoms with van der Waals surface area (Å²) in [6.07, 6.45) is 3.56. The van der Waals surface area contributed by atoms with Gasteiger partial charge in [0.05, 0.1) is 10.5 Å². The molecule has 0 atom stereocenters. The van der Waals surface area contributed by atoms with E-state index in [1.165, 1.54) is 17.7 Å². The van der Waals surface area contributed by atoms with Crippen LogP contribution in [-0.4, -0.2) is 27.1 Å². The van der Waals surface area contributed by atoms with Crippen molar-refractivity contribution in [2.45, 2.75) is 13.8 Å². The summed E-state index contributed by atoms with van der Waals surface area (Å²) in [4.78, 5) is 19.8. The van der Waals surface area contributed by atoms with E-state index in [1.807, 2.05) is 44.2 Å². The summed E-state index contributed by atoms with van der Waals surface area (Å²) in [6, 6.07) is 16.1. The Kier molecular flexibility index (Phi) is 5.76.